The Bertz CT molecular complexity index is 363. The third-order valence-electron chi connectivity index (χ3n) is 1.94. The van der Waals surface area contributed by atoms with Gasteiger partial charge in [0.2, 0.25) is 0 Å². The first-order valence-electron chi connectivity index (χ1n) is 4.80. The van der Waals surface area contributed by atoms with Crippen molar-refractivity contribution in [3.8, 4) is 0 Å². The van der Waals surface area contributed by atoms with E-state index >= 15 is 0 Å². The molecule has 1 rings (SSSR count). The van der Waals surface area contributed by atoms with Gasteiger partial charge in [0, 0.05) is 19.8 Å². The average Bonchev–Trinajstić information content (AvgIpc) is 2.40. The number of aromatic nitrogens is 2. The molecular weight excluding hydrogens is 194 g/mol. The van der Waals surface area contributed by atoms with Crippen molar-refractivity contribution in [3.05, 3.63) is 17.5 Å². The van der Waals surface area contributed by atoms with Crippen LogP contribution in [0.4, 0.5) is 0 Å². The smallest absolute Gasteiger partial charge is 0.254 e. The van der Waals surface area contributed by atoms with E-state index in [1.807, 2.05) is 0 Å². The molecule has 0 saturated heterocycles. The van der Waals surface area contributed by atoms with Crippen molar-refractivity contribution in [3.63, 3.8) is 0 Å². The van der Waals surface area contributed by atoms with Gasteiger partial charge >= 0.3 is 0 Å². The lowest BCUT2D eigenvalue weighted by atomic mass is 10.1. The van der Waals surface area contributed by atoms with Crippen molar-refractivity contribution >= 4 is 5.91 Å². The molecule has 5 nitrogen and oxygen atoms in total. The van der Waals surface area contributed by atoms with E-state index in [9.17, 15) is 9.90 Å². The molecule has 0 aromatic carbocycles. The molecule has 0 spiro atoms. The Balaban J connectivity index is 2.66. The molecule has 5 heteroatoms. The minimum Gasteiger partial charge on any atom is -0.389 e. The highest BCUT2D eigenvalue weighted by Crippen LogP contribution is 2.05. The summed E-state index contributed by atoms with van der Waals surface area (Å²) in [7, 11) is 1.76. The van der Waals surface area contributed by atoms with Gasteiger partial charge in [-0.25, -0.2) is 0 Å². The molecule has 0 fully saturated rings. The van der Waals surface area contributed by atoms with Crippen LogP contribution in [0.3, 0.4) is 0 Å². The van der Waals surface area contributed by atoms with Crippen molar-refractivity contribution in [2.45, 2.75) is 26.4 Å². The van der Waals surface area contributed by atoms with E-state index in [2.05, 4.69) is 10.4 Å². The Morgan fingerprint density at radius 1 is 1.67 bits per heavy atom. The van der Waals surface area contributed by atoms with Crippen LogP contribution in [0.1, 0.15) is 29.9 Å². The van der Waals surface area contributed by atoms with Crippen molar-refractivity contribution in [2.75, 3.05) is 6.54 Å². The van der Waals surface area contributed by atoms with Gasteiger partial charge in [-0.05, 0) is 20.8 Å². The van der Waals surface area contributed by atoms with Crippen LogP contribution in [0.5, 0.6) is 0 Å². The number of aryl methyl sites for hydroxylation is 2. The van der Waals surface area contributed by atoms with E-state index in [0.717, 1.165) is 0 Å². The summed E-state index contributed by atoms with van der Waals surface area (Å²) in [6, 6.07) is 0. The number of nitrogens with one attached hydrogen (secondary N) is 1. The predicted molar refractivity (Wildman–Crippen MR) is 56.6 cm³/mol. The summed E-state index contributed by atoms with van der Waals surface area (Å²) in [6.45, 7) is 5.28. The van der Waals surface area contributed by atoms with Gasteiger partial charge in [0.15, 0.2) is 0 Å². The molecule has 0 radical (unpaired) electrons. The maximum Gasteiger partial charge on any atom is 0.254 e. The lowest BCUT2D eigenvalue weighted by Crippen LogP contribution is -2.38. The van der Waals surface area contributed by atoms with Crippen LogP contribution < -0.4 is 5.32 Å². The lowest BCUT2D eigenvalue weighted by Gasteiger charge is -2.17. The molecule has 0 bridgehead atoms. The van der Waals surface area contributed by atoms with Gasteiger partial charge in [-0.2, -0.15) is 5.10 Å². The number of hydrogen-bond donors (Lipinski definition) is 2. The van der Waals surface area contributed by atoms with E-state index in [4.69, 9.17) is 0 Å². The monoisotopic (exact) mass is 211 g/mol. The summed E-state index contributed by atoms with van der Waals surface area (Å²) in [5.41, 5.74) is 0.332. The molecule has 15 heavy (non-hydrogen) atoms. The molecule has 0 aliphatic carbocycles. The van der Waals surface area contributed by atoms with Crippen LogP contribution in [-0.4, -0.2) is 32.9 Å². The fraction of sp³-hybridized carbons (Fsp3) is 0.600. The second-order valence-corrected chi connectivity index (χ2v) is 4.30. The van der Waals surface area contributed by atoms with Crippen molar-refractivity contribution < 1.29 is 9.90 Å². The van der Waals surface area contributed by atoms with Gasteiger partial charge in [-0.15, -0.1) is 0 Å². The summed E-state index contributed by atoms with van der Waals surface area (Å²) in [6.07, 6.45) is 1.66. The molecule has 1 aromatic heterocycles. The van der Waals surface area contributed by atoms with Gasteiger partial charge in [0.1, 0.15) is 0 Å². The minimum atomic E-state index is -0.897. The highest BCUT2D eigenvalue weighted by atomic mass is 16.3. The van der Waals surface area contributed by atoms with E-state index < -0.39 is 5.60 Å². The summed E-state index contributed by atoms with van der Waals surface area (Å²) in [5, 5.41) is 16.2. The molecule has 1 aromatic rings. The molecule has 0 unspecified atom stereocenters. The van der Waals surface area contributed by atoms with Crippen molar-refractivity contribution in [1.82, 2.24) is 15.1 Å². The highest BCUT2D eigenvalue weighted by molar-refractivity contribution is 5.95. The van der Waals surface area contributed by atoms with Gasteiger partial charge in [-0.3, -0.25) is 9.48 Å². The first-order chi connectivity index (χ1) is 6.79. The summed E-state index contributed by atoms with van der Waals surface area (Å²) in [5.74, 6) is -0.206. The predicted octanol–water partition coefficient (Wildman–Crippen LogP) is 0.229. The molecule has 0 aliphatic rings. The number of carbonyl (C=O) groups is 1. The Morgan fingerprint density at radius 3 is 2.67 bits per heavy atom. The second kappa shape index (κ2) is 4.02. The van der Waals surface area contributed by atoms with Crippen molar-refractivity contribution in [2.24, 2.45) is 7.05 Å². The van der Waals surface area contributed by atoms with Gasteiger partial charge < -0.3 is 10.4 Å². The Morgan fingerprint density at radius 2 is 2.27 bits per heavy atom. The van der Waals surface area contributed by atoms with Crippen LogP contribution in [0.25, 0.3) is 0 Å². The first-order valence-corrected chi connectivity index (χ1v) is 4.80. The number of amides is 1. The third kappa shape index (κ3) is 3.36. The molecule has 2 N–H and O–H groups in total. The molecule has 84 valence electrons. The molecule has 0 atom stereocenters. The Hall–Kier alpha value is -1.36. The van der Waals surface area contributed by atoms with Crippen LogP contribution in [0.2, 0.25) is 0 Å². The van der Waals surface area contributed by atoms with Gasteiger partial charge in [-0.1, -0.05) is 0 Å². The first kappa shape index (κ1) is 11.7. The van der Waals surface area contributed by atoms with Crippen LogP contribution in [0.15, 0.2) is 6.20 Å². The Labute approximate surface area is 89.1 Å². The number of nitrogens with zero attached hydrogens (tertiary/aromatic N) is 2. The summed E-state index contributed by atoms with van der Waals surface area (Å²) in [4.78, 5) is 11.6. The van der Waals surface area contributed by atoms with Crippen LogP contribution >= 0.6 is 0 Å². The molecule has 0 saturated carbocycles. The zero-order valence-electron chi connectivity index (χ0n) is 9.53. The highest BCUT2D eigenvalue weighted by Gasteiger charge is 2.17. The third-order valence-corrected chi connectivity index (χ3v) is 1.94. The zero-order chi connectivity index (χ0) is 11.6. The molecule has 0 aliphatic heterocycles. The number of aliphatic hydroxyl groups is 1. The maximum absolute atomic E-state index is 11.6. The topological polar surface area (TPSA) is 67.2 Å². The number of carbonyl (C=O) groups excluding carboxylic acids is 1. The quantitative estimate of drug-likeness (QED) is 0.752. The minimum absolute atomic E-state index is 0.206. The average molecular weight is 211 g/mol. The zero-order valence-corrected chi connectivity index (χ0v) is 9.53. The summed E-state index contributed by atoms with van der Waals surface area (Å²) < 4.78 is 1.59. The van der Waals surface area contributed by atoms with E-state index in [1.165, 1.54) is 0 Å². The van der Waals surface area contributed by atoms with Crippen LogP contribution in [0, 0.1) is 6.92 Å². The molecule has 1 amide bonds. The Kier molecular flexibility index (Phi) is 3.14. The van der Waals surface area contributed by atoms with Crippen molar-refractivity contribution in [1.29, 1.82) is 0 Å². The van der Waals surface area contributed by atoms with E-state index in [-0.39, 0.29) is 12.5 Å². The molecule has 1 heterocycles. The molecular formula is C10H17N3O2. The number of hydrogen-bond acceptors (Lipinski definition) is 3. The van der Waals surface area contributed by atoms with Crippen LogP contribution in [-0.2, 0) is 7.05 Å². The van der Waals surface area contributed by atoms with E-state index in [1.54, 1.807) is 38.7 Å². The second-order valence-electron chi connectivity index (χ2n) is 4.30. The standard InChI is InChI=1S/C10H17N3O2/c1-7-8(5-13(4)12-7)9(14)11-6-10(2,3)15/h5,15H,6H2,1-4H3,(H,11,14). The summed E-state index contributed by atoms with van der Waals surface area (Å²) >= 11 is 0. The number of rotatable bonds is 3. The lowest BCUT2D eigenvalue weighted by molar-refractivity contribution is 0.0694. The normalized spacial score (nSPS) is 11.5. The fourth-order valence-electron chi connectivity index (χ4n) is 1.21. The van der Waals surface area contributed by atoms with Gasteiger partial charge in [0.05, 0.1) is 16.9 Å². The van der Waals surface area contributed by atoms with Gasteiger partial charge in [0.25, 0.3) is 5.91 Å². The fourth-order valence-corrected chi connectivity index (χ4v) is 1.21. The van der Waals surface area contributed by atoms with E-state index in [0.29, 0.717) is 11.3 Å². The largest absolute Gasteiger partial charge is 0.389 e. The maximum atomic E-state index is 11.6. The SMILES string of the molecule is Cc1nn(C)cc1C(=O)NCC(C)(C)O.